The Balaban J connectivity index is 2.25. The maximum Gasteiger partial charge on any atom is 0.255 e. The summed E-state index contributed by atoms with van der Waals surface area (Å²) in [7, 11) is 0. The van der Waals surface area contributed by atoms with E-state index in [2.05, 4.69) is 5.32 Å². The van der Waals surface area contributed by atoms with Crippen LogP contribution in [0.25, 0.3) is 0 Å². The number of likely N-dealkylation sites (tertiary alicyclic amines) is 1. The molecule has 1 heterocycles. The van der Waals surface area contributed by atoms with E-state index in [1.54, 1.807) is 24.8 Å². The molecule has 2 rings (SSSR count). The van der Waals surface area contributed by atoms with E-state index in [-0.39, 0.29) is 11.8 Å². The fourth-order valence-electron chi connectivity index (χ4n) is 2.98. The van der Waals surface area contributed by atoms with Crippen LogP contribution in [0.3, 0.4) is 0 Å². The van der Waals surface area contributed by atoms with Crippen LogP contribution < -0.4 is 5.32 Å². The van der Waals surface area contributed by atoms with Gasteiger partial charge in [0.1, 0.15) is 11.4 Å². The number of carbonyl (C=O) groups is 2. The molecule has 0 spiro atoms. The molecule has 1 unspecified atom stereocenters. The maximum atomic E-state index is 13.5. The summed E-state index contributed by atoms with van der Waals surface area (Å²) in [5.41, 5.74) is 0.174. The number of aryl methyl sites for hydroxylation is 1. The van der Waals surface area contributed by atoms with E-state index in [4.69, 9.17) is 0 Å². The molecule has 1 aromatic rings. The van der Waals surface area contributed by atoms with Gasteiger partial charge in [0, 0.05) is 18.7 Å². The Hall–Kier alpha value is -1.91. The van der Waals surface area contributed by atoms with Crippen LogP contribution in [0.15, 0.2) is 18.2 Å². The van der Waals surface area contributed by atoms with E-state index in [1.807, 2.05) is 13.8 Å². The number of amides is 2. The molecule has 1 saturated heterocycles. The first kappa shape index (κ1) is 17.4. The van der Waals surface area contributed by atoms with Crippen molar-refractivity contribution in [2.24, 2.45) is 5.92 Å². The normalized spacial score (nSPS) is 20.9. The van der Waals surface area contributed by atoms with Crippen molar-refractivity contribution in [2.45, 2.75) is 46.1 Å². The maximum absolute atomic E-state index is 13.5. The first-order chi connectivity index (χ1) is 10.8. The second kappa shape index (κ2) is 6.69. The number of halogens is 1. The van der Waals surface area contributed by atoms with Gasteiger partial charge in [-0.2, -0.15) is 0 Å². The molecule has 5 heteroatoms. The molecule has 1 atom stereocenters. The predicted molar refractivity (Wildman–Crippen MR) is 87.7 cm³/mol. The largest absolute Gasteiger partial charge is 0.354 e. The molecule has 1 fully saturated rings. The third-order valence-corrected chi connectivity index (χ3v) is 4.48. The van der Waals surface area contributed by atoms with Gasteiger partial charge in [-0.15, -0.1) is 0 Å². The van der Waals surface area contributed by atoms with Gasteiger partial charge in [-0.3, -0.25) is 9.59 Å². The van der Waals surface area contributed by atoms with Crippen molar-refractivity contribution in [2.75, 3.05) is 13.1 Å². The number of nitrogens with zero attached hydrogens (tertiary/aromatic N) is 1. The number of hydrogen-bond acceptors (Lipinski definition) is 2. The summed E-state index contributed by atoms with van der Waals surface area (Å²) in [6.45, 7) is 8.71. The fraction of sp³-hybridized carbons (Fsp3) is 0.556. The minimum absolute atomic E-state index is 0.133. The van der Waals surface area contributed by atoms with Crippen molar-refractivity contribution in [1.82, 2.24) is 10.2 Å². The second-order valence-electron chi connectivity index (χ2n) is 6.90. The zero-order chi connectivity index (χ0) is 17.2. The second-order valence-corrected chi connectivity index (χ2v) is 6.90. The molecule has 0 aliphatic carbocycles. The van der Waals surface area contributed by atoms with Crippen LogP contribution >= 0.6 is 0 Å². The number of hydrogen-bond donors (Lipinski definition) is 1. The van der Waals surface area contributed by atoms with E-state index in [0.717, 1.165) is 6.42 Å². The Kier molecular flexibility index (Phi) is 5.07. The van der Waals surface area contributed by atoms with Crippen molar-refractivity contribution in [1.29, 1.82) is 0 Å². The molecule has 23 heavy (non-hydrogen) atoms. The molecule has 0 radical (unpaired) electrons. The minimum atomic E-state index is -0.870. The summed E-state index contributed by atoms with van der Waals surface area (Å²) in [6.07, 6.45) is 1.39. The first-order valence-corrected chi connectivity index (χ1v) is 8.12. The van der Waals surface area contributed by atoms with Gasteiger partial charge in [0.05, 0.1) is 0 Å². The van der Waals surface area contributed by atoms with Crippen molar-refractivity contribution < 1.29 is 14.0 Å². The van der Waals surface area contributed by atoms with E-state index in [0.29, 0.717) is 36.6 Å². The highest BCUT2D eigenvalue weighted by Gasteiger charge is 2.46. The highest BCUT2D eigenvalue weighted by molar-refractivity contribution is 6.00. The third-order valence-electron chi connectivity index (χ3n) is 4.48. The molecule has 0 aromatic heterocycles. The Morgan fingerprint density at radius 2 is 2.09 bits per heavy atom. The fourth-order valence-corrected chi connectivity index (χ4v) is 2.98. The van der Waals surface area contributed by atoms with Crippen LogP contribution in [0, 0.1) is 18.7 Å². The third kappa shape index (κ3) is 3.54. The van der Waals surface area contributed by atoms with Crippen LogP contribution in [0.5, 0.6) is 0 Å². The predicted octanol–water partition coefficient (Wildman–Crippen LogP) is 2.90. The molecule has 1 aromatic carbocycles. The van der Waals surface area contributed by atoms with Crippen LogP contribution in [-0.2, 0) is 4.79 Å². The lowest BCUT2D eigenvalue weighted by Crippen LogP contribution is -2.56. The molecular weight excluding hydrogens is 295 g/mol. The number of nitrogens with one attached hydrogen (secondary N) is 1. The highest BCUT2D eigenvalue weighted by Crippen LogP contribution is 2.31. The topological polar surface area (TPSA) is 49.4 Å². The lowest BCUT2D eigenvalue weighted by Gasteiger charge is -2.34. The molecule has 0 bridgehead atoms. The average molecular weight is 320 g/mol. The quantitative estimate of drug-likeness (QED) is 0.927. The minimum Gasteiger partial charge on any atom is -0.354 e. The summed E-state index contributed by atoms with van der Waals surface area (Å²) in [5.74, 6) is -0.504. The van der Waals surface area contributed by atoms with Gasteiger partial charge < -0.3 is 10.2 Å². The number of rotatable bonds is 4. The molecule has 1 aliphatic heterocycles. The lowest BCUT2D eigenvalue weighted by atomic mass is 9.96. The Bertz CT molecular complexity index is 615. The summed E-state index contributed by atoms with van der Waals surface area (Å²) in [5, 5.41) is 2.92. The van der Waals surface area contributed by atoms with E-state index in [1.165, 1.54) is 12.1 Å². The summed E-state index contributed by atoms with van der Waals surface area (Å²) in [6, 6.07) is 4.18. The number of carbonyl (C=O) groups excluding carboxylic acids is 2. The molecule has 2 amide bonds. The van der Waals surface area contributed by atoms with Gasteiger partial charge in [0.25, 0.3) is 5.91 Å². The molecule has 0 saturated carbocycles. The van der Waals surface area contributed by atoms with Gasteiger partial charge in [-0.25, -0.2) is 4.39 Å². The van der Waals surface area contributed by atoms with Gasteiger partial charge in [0.15, 0.2) is 0 Å². The summed E-state index contributed by atoms with van der Waals surface area (Å²) in [4.78, 5) is 27.0. The number of benzene rings is 1. The van der Waals surface area contributed by atoms with Crippen molar-refractivity contribution >= 4 is 11.8 Å². The van der Waals surface area contributed by atoms with Crippen molar-refractivity contribution in [3.8, 4) is 0 Å². The zero-order valence-corrected chi connectivity index (χ0v) is 14.3. The molecular formula is C18H25FN2O2. The first-order valence-electron chi connectivity index (χ1n) is 8.12. The average Bonchev–Trinajstić information content (AvgIpc) is 2.89. The van der Waals surface area contributed by atoms with Crippen LogP contribution in [0.4, 0.5) is 4.39 Å². The van der Waals surface area contributed by atoms with Crippen LogP contribution in [0.2, 0.25) is 0 Å². The van der Waals surface area contributed by atoms with Crippen LogP contribution in [-0.4, -0.2) is 35.3 Å². The monoisotopic (exact) mass is 320 g/mol. The zero-order valence-electron chi connectivity index (χ0n) is 14.3. The van der Waals surface area contributed by atoms with Gasteiger partial charge in [0.2, 0.25) is 5.91 Å². The van der Waals surface area contributed by atoms with E-state index >= 15 is 0 Å². The standard InChI is InChI=1S/C18H25FN2O2/c1-12(2)11-20-17(23)18(4)8-5-9-21(18)16(22)15-10-14(19)7-6-13(15)3/h6-7,10,12H,5,8-9,11H2,1-4H3,(H,20,23). The summed E-state index contributed by atoms with van der Waals surface area (Å²) >= 11 is 0. The molecule has 126 valence electrons. The molecule has 1 aliphatic rings. The van der Waals surface area contributed by atoms with Gasteiger partial charge >= 0.3 is 0 Å². The highest BCUT2D eigenvalue weighted by atomic mass is 19.1. The van der Waals surface area contributed by atoms with Crippen molar-refractivity contribution in [3.63, 3.8) is 0 Å². The van der Waals surface area contributed by atoms with Gasteiger partial charge in [-0.05, 0) is 50.3 Å². The Morgan fingerprint density at radius 3 is 2.74 bits per heavy atom. The Morgan fingerprint density at radius 1 is 1.39 bits per heavy atom. The Labute approximate surface area is 137 Å². The van der Waals surface area contributed by atoms with Gasteiger partial charge in [-0.1, -0.05) is 19.9 Å². The van der Waals surface area contributed by atoms with Crippen molar-refractivity contribution in [3.05, 3.63) is 35.1 Å². The SMILES string of the molecule is Cc1ccc(F)cc1C(=O)N1CCCC1(C)C(=O)NCC(C)C. The van der Waals surface area contributed by atoms with E-state index in [9.17, 15) is 14.0 Å². The van der Waals surface area contributed by atoms with Crippen LogP contribution in [0.1, 0.15) is 49.5 Å². The van der Waals surface area contributed by atoms with E-state index < -0.39 is 11.4 Å². The summed E-state index contributed by atoms with van der Waals surface area (Å²) < 4.78 is 13.5. The molecule has 1 N–H and O–H groups in total. The lowest BCUT2D eigenvalue weighted by molar-refractivity contribution is -0.130. The smallest absolute Gasteiger partial charge is 0.255 e. The molecule has 4 nitrogen and oxygen atoms in total.